The van der Waals surface area contributed by atoms with Crippen LogP contribution in [0, 0.1) is 5.92 Å². The summed E-state index contributed by atoms with van der Waals surface area (Å²) >= 11 is 0. The Morgan fingerprint density at radius 1 is 1.00 bits per heavy atom. The first-order chi connectivity index (χ1) is 14.7. The Morgan fingerprint density at radius 3 is 2.40 bits per heavy atom. The first-order valence-corrected chi connectivity index (χ1v) is 11.7. The Balaban J connectivity index is 1.13. The van der Waals surface area contributed by atoms with Crippen LogP contribution in [0.4, 0.5) is 4.79 Å². The van der Waals surface area contributed by atoms with Gasteiger partial charge in [0.05, 0.1) is 6.10 Å². The number of likely N-dealkylation sites (tertiary alicyclic amines) is 1. The van der Waals surface area contributed by atoms with Gasteiger partial charge in [0.1, 0.15) is 0 Å². The second-order valence-electron chi connectivity index (χ2n) is 9.11. The van der Waals surface area contributed by atoms with Gasteiger partial charge in [-0.1, -0.05) is 24.3 Å². The highest BCUT2D eigenvalue weighted by Gasteiger charge is 2.24. The van der Waals surface area contributed by atoms with E-state index in [1.54, 1.807) is 0 Å². The van der Waals surface area contributed by atoms with Gasteiger partial charge >= 0.3 is 6.03 Å². The van der Waals surface area contributed by atoms with E-state index >= 15 is 0 Å². The average molecular weight is 414 g/mol. The average Bonchev–Trinajstić information content (AvgIpc) is 3.42. The fourth-order valence-electron chi connectivity index (χ4n) is 4.42. The Hall–Kier alpha value is -2.08. The third-order valence-corrected chi connectivity index (χ3v) is 6.54. The van der Waals surface area contributed by atoms with E-state index in [4.69, 9.17) is 4.74 Å². The first-order valence-electron chi connectivity index (χ1n) is 11.7. The molecule has 2 N–H and O–H groups in total. The van der Waals surface area contributed by atoms with Crippen molar-refractivity contribution in [1.29, 1.82) is 0 Å². The van der Waals surface area contributed by atoms with Gasteiger partial charge in [0, 0.05) is 38.7 Å². The van der Waals surface area contributed by atoms with Crippen LogP contribution in [-0.2, 0) is 22.4 Å². The van der Waals surface area contributed by atoms with Gasteiger partial charge in [0.15, 0.2) is 0 Å². The molecule has 1 aromatic carbocycles. The van der Waals surface area contributed by atoms with Crippen LogP contribution in [-0.4, -0.2) is 55.2 Å². The normalized spacial score (nSPS) is 22.1. The summed E-state index contributed by atoms with van der Waals surface area (Å²) in [4.78, 5) is 26.1. The molecule has 0 radical (unpaired) electrons. The molecule has 3 aliphatic rings. The number of carbonyl (C=O) groups is 2. The van der Waals surface area contributed by atoms with Crippen LogP contribution < -0.4 is 10.6 Å². The molecule has 1 saturated carbocycles. The molecule has 1 aromatic rings. The number of hydrogen-bond acceptors (Lipinski definition) is 3. The number of nitrogens with one attached hydrogen (secondary N) is 2. The maximum Gasteiger partial charge on any atom is 0.317 e. The van der Waals surface area contributed by atoms with Gasteiger partial charge in [-0.15, -0.1) is 0 Å². The Bertz CT molecular complexity index is 703. The summed E-state index contributed by atoms with van der Waals surface area (Å²) in [7, 11) is 0. The Morgan fingerprint density at radius 2 is 1.73 bits per heavy atom. The second-order valence-corrected chi connectivity index (χ2v) is 9.11. The van der Waals surface area contributed by atoms with Crippen LogP contribution in [0.3, 0.4) is 0 Å². The summed E-state index contributed by atoms with van der Waals surface area (Å²) in [5, 5.41) is 6.08. The van der Waals surface area contributed by atoms with Gasteiger partial charge < -0.3 is 20.3 Å². The maximum absolute atomic E-state index is 12.4. The molecule has 2 saturated heterocycles. The van der Waals surface area contributed by atoms with Crippen LogP contribution in [0.1, 0.15) is 56.1 Å². The molecule has 2 heterocycles. The quantitative estimate of drug-likeness (QED) is 0.688. The number of amides is 3. The molecule has 1 atom stereocenters. The van der Waals surface area contributed by atoms with Crippen molar-refractivity contribution in [3.63, 3.8) is 0 Å². The van der Waals surface area contributed by atoms with E-state index in [0.29, 0.717) is 24.9 Å². The van der Waals surface area contributed by atoms with Crippen LogP contribution in [0.5, 0.6) is 0 Å². The summed E-state index contributed by atoms with van der Waals surface area (Å²) in [6.07, 6.45) is 9.17. The molecule has 1 aliphatic carbocycles. The van der Waals surface area contributed by atoms with Crippen LogP contribution in [0.2, 0.25) is 0 Å². The van der Waals surface area contributed by atoms with Crippen molar-refractivity contribution in [2.45, 2.75) is 69.9 Å². The number of urea groups is 1. The van der Waals surface area contributed by atoms with Gasteiger partial charge in [-0.05, 0) is 68.4 Å². The Kier molecular flexibility index (Phi) is 7.26. The van der Waals surface area contributed by atoms with E-state index in [2.05, 4.69) is 34.9 Å². The number of nitrogens with zero attached hydrogens (tertiary/aromatic N) is 1. The van der Waals surface area contributed by atoms with E-state index in [0.717, 1.165) is 71.1 Å². The van der Waals surface area contributed by atoms with Gasteiger partial charge in [0.25, 0.3) is 0 Å². The maximum atomic E-state index is 12.4. The SMILES string of the molecule is O=C(CCc1ccc(CC2CCN(C(=O)NCC3CCCO3)CC2)cc1)NC1CC1. The minimum Gasteiger partial charge on any atom is -0.376 e. The monoisotopic (exact) mass is 413 g/mol. The van der Waals surface area contributed by atoms with Crippen molar-refractivity contribution in [2.75, 3.05) is 26.2 Å². The molecule has 3 fully saturated rings. The lowest BCUT2D eigenvalue weighted by Gasteiger charge is -2.32. The van der Waals surface area contributed by atoms with Crippen molar-refractivity contribution in [3.05, 3.63) is 35.4 Å². The van der Waals surface area contributed by atoms with E-state index in [1.165, 1.54) is 11.1 Å². The molecule has 2 aliphatic heterocycles. The van der Waals surface area contributed by atoms with E-state index in [-0.39, 0.29) is 18.0 Å². The van der Waals surface area contributed by atoms with Crippen LogP contribution >= 0.6 is 0 Å². The van der Waals surface area contributed by atoms with Crippen molar-refractivity contribution in [2.24, 2.45) is 5.92 Å². The zero-order chi connectivity index (χ0) is 20.8. The number of ether oxygens (including phenoxy) is 1. The molecule has 0 aromatic heterocycles. The molecule has 164 valence electrons. The van der Waals surface area contributed by atoms with E-state index in [9.17, 15) is 9.59 Å². The van der Waals surface area contributed by atoms with Gasteiger partial charge in [-0.3, -0.25) is 4.79 Å². The highest BCUT2D eigenvalue weighted by atomic mass is 16.5. The molecular formula is C24H35N3O3. The third-order valence-electron chi connectivity index (χ3n) is 6.54. The highest BCUT2D eigenvalue weighted by Crippen LogP contribution is 2.23. The van der Waals surface area contributed by atoms with Gasteiger partial charge in [-0.2, -0.15) is 0 Å². The number of rotatable bonds is 8. The number of benzene rings is 1. The molecular weight excluding hydrogens is 378 g/mol. The highest BCUT2D eigenvalue weighted by molar-refractivity contribution is 5.76. The smallest absolute Gasteiger partial charge is 0.317 e. The number of carbonyl (C=O) groups excluding carboxylic acids is 2. The second kappa shape index (κ2) is 10.3. The molecule has 0 spiro atoms. The summed E-state index contributed by atoms with van der Waals surface area (Å²) < 4.78 is 5.57. The van der Waals surface area contributed by atoms with E-state index in [1.807, 2.05) is 4.90 Å². The molecule has 4 rings (SSSR count). The van der Waals surface area contributed by atoms with Crippen molar-refractivity contribution >= 4 is 11.9 Å². The van der Waals surface area contributed by atoms with Crippen LogP contribution in [0.25, 0.3) is 0 Å². The predicted octanol–water partition coefficient (Wildman–Crippen LogP) is 3.04. The van der Waals surface area contributed by atoms with Gasteiger partial charge in [0.2, 0.25) is 5.91 Å². The van der Waals surface area contributed by atoms with Crippen molar-refractivity contribution < 1.29 is 14.3 Å². The summed E-state index contributed by atoms with van der Waals surface area (Å²) in [5.74, 6) is 0.801. The predicted molar refractivity (Wildman–Crippen MR) is 116 cm³/mol. The zero-order valence-corrected chi connectivity index (χ0v) is 17.9. The fourth-order valence-corrected chi connectivity index (χ4v) is 4.42. The fraction of sp³-hybridized carbons (Fsp3) is 0.667. The zero-order valence-electron chi connectivity index (χ0n) is 17.9. The lowest BCUT2D eigenvalue weighted by molar-refractivity contribution is -0.121. The minimum atomic E-state index is 0.0547. The number of piperidine rings is 1. The van der Waals surface area contributed by atoms with Crippen LogP contribution in [0.15, 0.2) is 24.3 Å². The Labute approximate surface area is 179 Å². The number of hydrogen-bond donors (Lipinski definition) is 2. The number of aryl methyl sites for hydroxylation is 1. The third kappa shape index (κ3) is 6.46. The molecule has 1 unspecified atom stereocenters. The lowest BCUT2D eigenvalue weighted by atomic mass is 9.90. The molecule has 30 heavy (non-hydrogen) atoms. The standard InChI is InChI=1S/C24H35N3O3/c28-23(26-21-8-9-21)10-7-18-3-5-19(6-4-18)16-20-11-13-27(14-12-20)24(29)25-17-22-2-1-15-30-22/h3-6,20-22H,1-2,7-17H2,(H,25,29)(H,26,28). The summed E-state index contributed by atoms with van der Waals surface area (Å²) in [5.41, 5.74) is 2.57. The first kappa shape index (κ1) is 21.2. The van der Waals surface area contributed by atoms with Gasteiger partial charge in [-0.25, -0.2) is 4.79 Å². The topological polar surface area (TPSA) is 70.7 Å². The van der Waals surface area contributed by atoms with Crippen molar-refractivity contribution in [3.8, 4) is 0 Å². The largest absolute Gasteiger partial charge is 0.376 e. The summed E-state index contributed by atoms with van der Waals surface area (Å²) in [6.45, 7) is 3.11. The molecule has 6 heteroatoms. The lowest BCUT2D eigenvalue weighted by Crippen LogP contribution is -2.46. The summed E-state index contributed by atoms with van der Waals surface area (Å²) in [6, 6.07) is 9.22. The van der Waals surface area contributed by atoms with E-state index < -0.39 is 0 Å². The molecule has 6 nitrogen and oxygen atoms in total. The van der Waals surface area contributed by atoms with Crippen molar-refractivity contribution in [1.82, 2.24) is 15.5 Å². The molecule has 3 amide bonds. The minimum absolute atomic E-state index is 0.0547. The molecule has 0 bridgehead atoms.